The summed E-state index contributed by atoms with van der Waals surface area (Å²) in [5.41, 5.74) is 2.07. The highest BCUT2D eigenvalue weighted by molar-refractivity contribution is 5.82. The molecule has 1 heterocycles. The van der Waals surface area contributed by atoms with Crippen LogP contribution in [-0.2, 0) is 4.79 Å². The van der Waals surface area contributed by atoms with Crippen molar-refractivity contribution in [3.05, 3.63) is 95.9 Å². The predicted molar refractivity (Wildman–Crippen MR) is 109 cm³/mol. The lowest BCUT2D eigenvalue weighted by Gasteiger charge is -2.31. The number of aromatic nitrogens is 2. The molecule has 0 bridgehead atoms. The zero-order chi connectivity index (χ0) is 20.6. The molecule has 0 N–H and O–H groups in total. The molecule has 146 valence electrons. The molecule has 3 aromatic carbocycles. The van der Waals surface area contributed by atoms with Crippen LogP contribution < -0.4 is 0 Å². The highest BCUT2D eigenvalue weighted by atomic mass is 19.1. The Hall–Kier alpha value is -3.34. The van der Waals surface area contributed by atoms with Gasteiger partial charge in [-0.2, -0.15) is 9.49 Å². The highest BCUT2D eigenvalue weighted by Crippen LogP contribution is 2.42. The third-order valence-electron chi connectivity index (χ3n) is 5.36. The van der Waals surface area contributed by atoms with E-state index in [1.54, 1.807) is 36.9 Å². The lowest BCUT2D eigenvalue weighted by Crippen LogP contribution is -2.29. The van der Waals surface area contributed by atoms with E-state index in [1.807, 2.05) is 48.5 Å². The number of fused-ring (bicyclic) bond motifs is 1. The molecule has 0 aliphatic heterocycles. The van der Waals surface area contributed by atoms with Gasteiger partial charge in [-0.15, -0.1) is 0 Å². The van der Waals surface area contributed by atoms with Gasteiger partial charge in [0.1, 0.15) is 5.82 Å². The normalized spacial score (nSPS) is 12.8. The summed E-state index contributed by atoms with van der Waals surface area (Å²) >= 11 is 0. The lowest BCUT2D eigenvalue weighted by atomic mass is 9.71. The van der Waals surface area contributed by atoms with Crippen LogP contribution in [0.4, 0.5) is 8.78 Å². The van der Waals surface area contributed by atoms with Crippen LogP contribution in [0.3, 0.4) is 0 Å². The summed E-state index contributed by atoms with van der Waals surface area (Å²) in [4.78, 5) is 11.8. The molecule has 0 amide bonds. The van der Waals surface area contributed by atoms with Crippen LogP contribution in [-0.4, -0.2) is 15.8 Å². The summed E-state index contributed by atoms with van der Waals surface area (Å²) in [6.45, 7) is 3.25. The SMILES string of the molecule is CC(C)(C(=O)F)C(c1ccccc1)c1ccc2c(cnn2-c2ccc(F)cc2)c1. The second-order valence-corrected chi connectivity index (χ2v) is 7.69. The van der Waals surface area contributed by atoms with Crippen LogP contribution >= 0.6 is 0 Å². The fourth-order valence-corrected chi connectivity index (χ4v) is 3.80. The third kappa shape index (κ3) is 3.44. The number of nitrogens with zero attached hydrogens (tertiary/aromatic N) is 2. The molecule has 29 heavy (non-hydrogen) atoms. The first-order chi connectivity index (χ1) is 13.9. The Morgan fingerprint density at radius 1 is 0.966 bits per heavy atom. The summed E-state index contributed by atoms with van der Waals surface area (Å²) in [6.07, 6.45) is 1.72. The topological polar surface area (TPSA) is 34.9 Å². The molecule has 3 nitrogen and oxygen atoms in total. The van der Waals surface area contributed by atoms with Crippen LogP contribution in [0, 0.1) is 11.2 Å². The zero-order valence-corrected chi connectivity index (χ0v) is 16.1. The lowest BCUT2D eigenvalue weighted by molar-refractivity contribution is -0.139. The average Bonchev–Trinajstić information content (AvgIpc) is 3.12. The van der Waals surface area contributed by atoms with E-state index in [4.69, 9.17) is 0 Å². The van der Waals surface area contributed by atoms with Crippen LogP contribution in [0.1, 0.15) is 30.9 Å². The second-order valence-electron chi connectivity index (χ2n) is 7.69. The molecule has 0 fully saturated rings. The fraction of sp³-hybridized carbons (Fsp3) is 0.167. The number of rotatable bonds is 5. The van der Waals surface area contributed by atoms with E-state index in [0.717, 1.165) is 27.7 Å². The van der Waals surface area contributed by atoms with Crippen LogP contribution in [0.5, 0.6) is 0 Å². The molecule has 0 aliphatic carbocycles. The first-order valence-electron chi connectivity index (χ1n) is 9.36. The maximum atomic E-state index is 14.0. The Bertz CT molecular complexity index is 1160. The van der Waals surface area contributed by atoms with E-state index < -0.39 is 17.4 Å². The van der Waals surface area contributed by atoms with E-state index in [0.29, 0.717) is 0 Å². The van der Waals surface area contributed by atoms with Crippen molar-refractivity contribution in [2.75, 3.05) is 0 Å². The Labute approximate surface area is 167 Å². The Kier molecular flexibility index (Phi) is 4.74. The van der Waals surface area contributed by atoms with Crippen molar-refractivity contribution in [1.82, 2.24) is 9.78 Å². The number of carbonyl (C=O) groups excluding carboxylic acids is 1. The first-order valence-corrected chi connectivity index (χ1v) is 9.36. The van der Waals surface area contributed by atoms with E-state index in [1.165, 1.54) is 12.1 Å². The number of hydrogen-bond donors (Lipinski definition) is 0. The summed E-state index contributed by atoms with van der Waals surface area (Å²) in [5.74, 6) is -0.754. The molecule has 0 saturated heterocycles. The summed E-state index contributed by atoms with van der Waals surface area (Å²) in [7, 11) is 0. The molecular weight excluding hydrogens is 370 g/mol. The second kappa shape index (κ2) is 7.24. The standard InChI is InChI=1S/C24H20F2N2O/c1-24(2,23(26)29)22(16-6-4-3-5-7-16)17-8-13-21-18(14-17)15-27-28(21)20-11-9-19(25)10-12-20/h3-15,22H,1-2H3. The van der Waals surface area contributed by atoms with Crippen molar-refractivity contribution in [2.24, 2.45) is 5.41 Å². The Morgan fingerprint density at radius 3 is 2.31 bits per heavy atom. The van der Waals surface area contributed by atoms with Gasteiger partial charge in [-0.05, 0) is 61.4 Å². The predicted octanol–water partition coefficient (Wildman–Crippen LogP) is 5.82. The van der Waals surface area contributed by atoms with Gasteiger partial charge in [-0.3, -0.25) is 4.79 Å². The monoisotopic (exact) mass is 390 g/mol. The Morgan fingerprint density at radius 2 is 1.66 bits per heavy atom. The number of hydrogen-bond acceptors (Lipinski definition) is 2. The van der Waals surface area contributed by atoms with E-state index in [9.17, 15) is 13.6 Å². The number of carbonyl (C=O) groups is 1. The smallest absolute Gasteiger partial charge is 0.261 e. The largest absolute Gasteiger partial charge is 0.307 e. The van der Waals surface area contributed by atoms with Gasteiger partial charge in [-0.25, -0.2) is 9.07 Å². The minimum atomic E-state index is -1.35. The molecule has 0 saturated carbocycles. The van der Waals surface area contributed by atoms with Crippen LogP contribution in [0.2, 0.25) is 0 Å². The van der Waals surface area contributed by atoms with Crippen molar-refractivity contribution in [3.8, 4) is 5.69 Å². The molecule has 0 radical (unpaired) electrons. The summed E-state index contributed by atoms with van der Waals surface area (Å²) in [6, 6.07) is 19.9. The minimum Gasteiger partial charge on any atom is -0.261 e. The molecule has 1 unspecified atom stereocenters. The van der Waals surface area contributed by atoms with Gasteiger partial charge in [0.2, 0.25) is 0 Å². The van der Waals surface area contributed by atoms with Gasteiger partial charge in [0.05, 0.1) is 22.8 Å². The Balaban J connectivity index is 1.83. The maximum absolute atomic E-state index is 14.0. The molecule has 0 spiro atoms. The van der Waals surface area contributed by atoms with E-state index in [2.05, 4.69) is 5.10 Å². The quantitative estimate of drug-likeness (QED) is 0.403. The molecule has 5 heteroatoms. The van der Waals surface area contributed by atoms with Crippen molar-refractivity contribution >= 4 is 16.9 Å². The van der Waals surface area contributed by atoms with Gasteiger partial charge in [0.15, 0.2) is 0 Å². The molecule has 0 aliphatic rings. The third-order valence-corrected chi connectivity index (χ3v) is 5.36. The van der Waals surface area contributed by atoms with Crippen molar-refractivity contribution in [1.29, 1.82) is 0 Å². The molecular formula is C24H20F2N2O. The average molecular weight is 390 g/mol. The van der Waals surface area contributed by atoms with Crippen molar-refractivity contribution in [3.63, 3.8) is 0 Å². The molecule has 4 rings (SSSR count). The van der Waals surface area contributed by atoms with Crippen LogP contribution in [0.15, 0.2) is 79.0 Å². The summed E-state index contributed by atoms with van der Waals surface area (Å²) in [5, 5.41) is 5.28. The van der Waals surface area contributed by atoms with Crippen molar-refractivity contribution < 1.29 is 13.6 Å². The van der Waals surface area contributed by atoms with E-state index >= 15 is 0 Å². The number of halogens is 2. The zero-order valence-electron chi connectivity index (χ0n) is 16.1. The first kappa shape index (κ1) is 19.0. The van der Waals surface area contributed by atoms with Gasteiger partial charge in [0, 0.05) is 11.3 Å². The maximum Gasteiger partial charge on any atom is 0.307 e. The molecule has 1 atom stereocenters. The molecule has 1 aromatic heterocycles. The minimum absolute atomic E-state index is 0.309. The fourth-order valence-electron chi connectivity index (χ4n) is 3.80. The molecule has 4 aromatic rings. The van der Waals surface area contributed by atoms with Gasteiger partial charge >= 0.3 is 6.04 Å². The van der Waals surface area contributed by atoms with E-state index in [-0.39, 0.29) is 5.82 Å². The van der Waals surface area contributed by atoms with Crippen molar-refractivity contribution in [2.45, 2.75) is 19.8 Å². The highest BCUT2D eigenvalue weighted by Gasteiger charge is 2.39. The number of benzene rings is 3. The summed E-state index contributed by atoms with van der Waals surface area (Å²) < 4.78 is 28.9. The van der Waals surface area contributed by atoms with Gasteiger partial charge < -0.3 is 0 Å². The van der Waals surface area contributed by atoms with Gasteiger partial charge in [0.25, 0.3) is 0 Å². The van der Waals surface area contributed by atoms with Crippen LogP contribution in [0.25, 0.3) is 16.6 Å². The van der Waals surface area contributed by atoms with Gasteiger partial charge in [-0.1, -0.05) is 36.4 Å².